The fourth-order valence-corrected chi connectivity index (χ4v) is 4.41. The first-order chi connectivity index (χ1) is 8.26. The molecule has 3 aliphatic rings. The van der Waals surface area contributed by atoms with Gasteiger partial charge in [-0.2, -0.15) is 0 Å². The molecule has 2 saturated carbocycles. The van der Waals surface area contributed by atoms with E-state index < -0.39 is 0 Å². The Morgan fingerprint density at radius 2 is 2.06 bits per heavy atom. The summed E-state index contributed by atoms with van der Waals surface area (Å²) in [5, 5.41) is 0. The first-order valence-corrected chi connectivity index (χ1v) is 7.39. The molecule has 98 valence electrons. The van der Waals surface area contributed by atoms with Gasteiger partial charge in [0.05, 0.1) is 0 Å². The summed E-state index contributed by atoms with van der Waals surface area (Å²) < 4.78 is 0. The Bertz CT molecular complexity index is 268. The summed E-state index contributed by atoms with van der Waals surface area (Å²) in [5.41, 5.74) is 5.94. The molecule has 2 aliphatic carbocycles. The van der Waals surface area contributed by atoms with Crippen LogP contribution < -0.4 is 5.73 Å². The van der Waals surface area contributed by atoms with E-state index in [1.165, 1.54) is 45.3 Å². The van der Waals surface area contributed by atoms with Crippen LogP contribution in [0.15, 0.2) is 0 Å². The lowest BCUT2D eigenvalue weighted by Crippen LogP contribution is -2.56. The molecule has 2 N–H and O–H groups in total. The minimum absolute atomic E-state index is 0.605. The van der Waals surface area contributed by atoms with E-state index in [1.54, 1.807) is 0 Å². The van der Waals surface area contributed by atoms with Gasteiger partial charge in [-0.05, 0) is 44.1 Å². The summed E-state index contributed by atoms with van der Waals surface area (Å²) in [5.74, 6) is 3.12. The third-order valence-corrected chi connectivity index (χ3v) is 5.43. The van der Waals surface area contributed by atoms with Gasteiger partial charge in [0.1, 0.15) is 0 Å². The molecule has 1 heterocycles. The van der Waals surface area contributed by atoms with Crippen molar-refractivity contribution < 1.29 is 0 Å². The molecule has 2 bridgehead atoms. The highest BCUT2D eigenvalue weighted by Crippen LogP contribution is 2.48. The van der Waals surface area contributed by atoms with Crippen molar-refractivity contribution in [3.05, 3.63) is 0 Å². The zero-order chi connectivity index (χ0) is 11.8. The Morgan fingerprint density at radius 1 is 1.18 bits per heavy atom. The average molecular weight is 237 g/mol. The van der Waals surface area contributed by atoms with E-state index in [2.05, 4.69) is 16.8 Å². The quantitative estimate of drug-likeness (QED) is 0.795. The summed E-state index contributed by atoms with van der Waals surface area (Å²) >= 11 is 0. The molecule has 4 atom stereocenters. The maximum atomic E-state index is 5.94. The molecule has 3 heteroatoms. The molecule has 0 spiro atoms. The van der Waals surface area contributed by atoms with Crippen molar-refractivity contribution in [3.63, 3.8) is 0 Å². The predicted molar refractivity (Wildman–Crippen MR) is 70.9 cm³/mol. The van der Waals surface area contributed by atoms with Crippen LogP contribution in [0, 0.1) is 17.8 Å². The maximum Gasteiger partial charge on any atom is 0.0346 e. The fourth-order valence-electron chi connectivity index (χ4n) is 4.41. The van der Waals surface area contributed by atoms with E-state index in [4.69, 9.17) is 5.73 Å². The zero-order valence-corrected chi connectivity index (χ0v) is 11.1. The number of likely N-dealkylation sites (N-methyl/N-ethyl adjacent to an activating group) is 1. The molecule has 4 unspecified atom stereocenters. The Morgan fingerprint density at radius 3 is 2.71 bits per heavy atom. The molecule has 3 rings (SSSR count). The van der Waals surface area contributed by atoms with Crippen LogP contribution in [0.5, 0.6) is 0 Å². The highest BCUT2D eigenvalue weighted by Gasteiger charge is 2.40. The number of nitrogens with two attached hydrogens (primary N) is 1. The van der Waals surface area contributed by atoms with Gasteiger partial charge in [0.2, 0.25) is 0 Å². The van der Waals surface area contributed by atoms with E-state index in [9.17, 15) is 0 Å². The van der Waals surface area contributed by atoms with E-state index >= 15 is 0 Å². The molecule has 0 aromatic heterocycles. The standard InChI is InChI=1S/C14H27N3/c1-16-4-5-17(14(8-15)10-16)9-13-7-11-2-3-12(13)6-11/h11-14H,2-10,15H2,1H3. The van der Waals surface area contributed by atoms with Gasteiger partial charge >= 0.3 is 0 Å². The van der Waals surface area contributed by atoms with Crippen LogP contribution in [-0.4, -0.2) is 55.6 Å². The molecule has 17 heavy (non-hydrogen) atoms. The molecular weight excluding hydrogens is 210 g/mol. The van der Waals surface area contributed by atoms with Crippen molar-refractivity contribution in [3.8, 4) is 0 Å². The smallest absolute Gasteiger partial charge is 0.0346 e. The van der Waals surface area contributed by atoms with Crippen LogP contribution in [0.1, 0.15) is 25.7 Å². The highest BCUT2D eigenvalue weighted by atomic mass is 15.3. The second-order valence-corrected chi connectivity index (χ2v) is 6.58. The van der Waals surface area contributed by atoms with E-state index in [1.807, 2.05) is 0 Å². The molecule has 0 aromatic carbocycles. The summed E-state index contributed by atoms with van der Waals surface area (Å²) in [4.78, 5) is 5.11. The van der Waals surface area contributed by atoms with Crippen LogP contribution in [0.3, 0.4) is 0 Å². The molecule has 0 amide bonds. The summed E-state index contributed by atoms with van der Waals surface area (Å²) in [6.45, 7) is 5.77. The highest BCUT2D eigenvalue weighted by molar-refractivity contribution is 4.93. The number of piperazine rings is 1. The summed E-state index contributed by atoms with van der Waals surface area (Å²) in [6.07, 6.45) is 6.07. The molecule has 1 saturated heterocycles. The molecule has 0 radical (unpaired) electrons. The maximum absolute atomic E-state index is 5.94. The van der Waals surface area contributed by atoms with Gasteiger partial charge in [-0.15, -0.1) is 0 Å². The average Bonchev–Trinajstić information content (AvgIpc) is 2.93. The Balaban J connectivity index is 1.57. The normalized spacial score (nSPS) is 43.4. The number of fused-ring (bicyclic) bond motifs is 2. The van der Waals surface area contributed by atoms with Gasteiger partial charge in [-0.25, -0.2) is 0 Å². The van der Waals surface area contributed by atoms with Crippen LogP contribution in [0.25, 0.3) is 0 Å². The second kappa shape index (κ2) is 4.87. The first-order valence-electron chi connectivity index (χ1n) is 7.39. The lowest BCUT2D eigenvalue weighted by atomic mass is 9.88. The first kappa shape index (κ1) is 11.9. The van der Waals surface area contributed by atoms with Crippen molar-refractivity contribution in [1.29, 1.82) is 0 Å². The van der Waals surface area contributed by atoms with E-state index in [0.29, 0.717) is 6.04 Å². The molecular formula is C14H27N3. The molecule has 3 fully saturated rings. The van der Waals surface area contributed by atoms with Gasteiger partial charge in [-0.3, -0.25) is 4.90 Å². The Kier molecular flexibility index (Phi) is 3.42. The van der Waals surface area contributed by atoms with Crippen molar-refractivity contribution in [2.24, 2.45) is 23.5 Å². The SMILES string of the molecule is CN1CCN(CC2CC3CCC2C3)C(CN)C1. The number of nitrogens with zero attached hydrogens (tertiary/aromatic N) is 2. The van der Waals surface area contributed by atoms with E-state index in [0.717, 1.165) is 30.8 Å². The third kappa shape index (κ3) is 2.38. The number of rotatable bonds is 3. The Labute approximate surface area is 105 Å². The monoisotopic (exact) mass is 237 g/mol. The van der Waals surface area contributed by atoms with Crippen molar-refractivity contribution in [1.82, 2.24) is 9.80 Å². The van der Waals surface area contributed by atoms with Crippen molar-refractivity contribution >= 4 is 0 Å². The third-order valence-electron chi connectivity index (χ3n) is 5.43. The topological polar surface area (TPSA) is 32.5 Å². The van der Waals surface area contributed by atoms with Gasteiger partial charge < -0.3 is 10.6 Å². The van der Waals surface area contributed by atoms with Gasteiger partial charge in [0.15, 0.2) is 0 Å². The Hall–Kier alpha value is -0.120. The van der Waals surface area contributed by atoms with Gasteiger partial charge in [-0.1, -0.05) is 6.42 Å². The number of hydrogen-bond donors (Lipinski definition) is 1. The largest absolute Gasteiger partial charge is 0.329 e. The lowest BCUT2D eigenvalue weighted by Gasteiger charge is -2.41. The predicted octanol–water partition coefficient (Wildman–Crippen LogP) is 0.997. The van der Waals surface area contributed by atoms with Gasteiger partial charge in [0, 0.05) is 38.8 Å². The van der Waals surface area contributed by atoms with E-state index in [-0.39, 0.29) is 0 Å². The molecule has 1 aliphatic heterocycles. The lowest BCUT2D eigenvalue weighted by molar-refractivity contribution is 0.0695. The number of hydrogen-bond acceptors (Lipinski definition) is 3. The summed E-state index contributed by atoms with van der Waals surface area (Å²) in [7, 11) is 2.22. The van der Waals surface area contributed by atoms with Crippen LogP contribution in [0.4, 0.5) is 0 Å². The van der Waals surface area contributed by atoms with Crippen molar-refractivity contribution in [2.45, 2.75) is 31.7 Å². The minimum Gasteiger partial charge on any atom is -0.329 e. The summed E-state index contributed by atoms with van der Waals surface area (Å²) in [6, 6.07) is 0.605. The van der Waals surface area contributed by atoms with Crippen LogP contribution >= 0.6 is 0 Å². The molecule has 3 nitrogen and oxygen atoms in total. The van der Waals surface area contributed by atoms with Crippen molar-refractivity contribution in [2.75, 3.05) is 39.8 Å². The van der Waals surface area contributed by atoms with Gasteiger partial charge in [0.25, 0.3) is 0 Å². The van der Waals surface area contributed by atoms with Crippen LogP contribution in [0.2, 0.25) is 0 Å². The van der Waals surface area contributed by atoms with Crippen LogP contribution in [-0.2, 0) is 0 Å². The minimum atomic E-state index is 0.605. The molecule has 0 aromatic rings. The fraction of sp³-hybridized carbons (Fsp3) is 1.00. The second-order valence-electron chi connectivity index (χ2n) is 6.58. The zero-order valence-electron chi connectivity index (χ0n) is 11.1.